The van der Waals surface area contributed by atoms with Gasteiger partial charge in [0, 0.05) is 13.0 Å². The third-order valence-electron chi connectivity index (χ3n) is 3.25. The lowest BCUT2D eigenvalue weighted by atomic mass is 10.1. The molecule has 1 atom stereocenters. The van der Waals surface area contributed by atoms with Crippen LogP contribution in [0.5, 0.6) is 11.5 Å². The molecule has 0 radical (unpaired) electrons. The van der Waals surface area contributed by atoms with E-state index < -0.39 is 6.10 Å². The predicted molar refractivity (Wildman–Crippen MR) is 74.8 cm³/mol. The molecule has 1 aromatic carbocycles. The largest absolute Gasteiger partial charge is 0.490 e. The molecular weight excluding hydrogens is 242 g/mol. The first-order chi connectivity index (χ1) is 9.20. The second-order valence-electron chi connectivity index (χ2n) is 5.03. The highest BCUT2D eigenvalue weighted by Crippen LogP contribution is 2.32. The van der Waals surface area contributed by atoms with Crippen LogP contribution in [0, 0.1) is 0 Å². The van der Waals surface area contributed by atoms with E-state index in [0.717, 1.165) is 36.4 Å². The number of aliphatic hydroxyl groups excluding tert-OH is 1. The van der Waals surface area contributed by atoms with Gasteiger partial charge < -0.3 is 19.5 Å². The van der Waals surface area contributed by atoms with E-state index >= 15 is 0 Å². The molecule has 1 aromatic rings. The van der Waals surface area contributed by atoms with Crippen molar-refractivity contribution in [1.29, 1.82) is 0 Å². The van der Waals surface area contributed by atoms with Crippen molar-refractivity contribution in [3.8, 4) is 11.5 Å². The Hall–Kier alpha value is -1.26. The SMILES string of the molecule is CCCN(C)CC(O)c1ccc2c(c1)OCCCO2. The maximum absolute atomic E-state index is 10.3. The number of likely N-dealkylation sites (N-methyl/N-ethyl adjacent to an activating group) is 1. The summed E-state index contributed by atoms with van der Waals surface area (Å²) in [6.45, 7) is 5.11. The highest BCUT2D eigenvalue weighted by Gasteiger charge is 2.15. The van der Waals surface area contributed by atoms with Crippen molar-refractivity contribution in [3.63, 3.8) is 0 Å². The van der Waals surface area contributed by atoms with E-state index in [0.29, 0.717) is 19.8 Å². The molecule has 0 aromatic heterocycles. The number of nitrogens with zero attached hydrogens (tertiary/aromatic N) is 1. The molecule has 0 aliphatic carbocycles. The Balaban J connectivity index is 2.06. The van der Waals surface area contributed by atoms with E-state index in [1.165, 1.54) is 0 Å². The third kappa shape index (κ3) is 3.85. The van der Waals surface area contributed by atoms with Gasteiger partial charge in [0.15, 0.2) is 11.5 Å². The molecule has 0 fully saturated rings. The van der Waals surface area contributed by atoms with Gasteiger partial charge in [-0.15, -0.1) is 0 Å². The first-order valence-corrected chi connectivity index (χ1v) is 6.97. The topological polar surface area (TPSA) is 41.9 Å². The van der Waals surface area contributed by atoms with Gasteiger partial charge in [-0.2, -0.15) is 0 Å². The summed E-state index contributed by atoms with van der Waals surface area (Å²) < 4.78 is 11.2. The van der Waals surface area contributed by atoms with Gasteiger partial charge in [0.1, 0.15) is 0 Å². The normalized spacial score (nSPS) is 16.2. The maximum atomic E-state index is 10.3. The van der Waals surface area contributed by atoms with Crippen LogP contribution in [0.4, 0.5) is 0 Å². The van der Waals surface area contributed by atoms with Crippen LogP contribution in [0.3, 0.4) is 0 Å². The molecule has 0 amide bonds. The van der Waals surface area contributed by atoms with Crippen LogP contribution in [-0.4, -0.2) is 43.4 Å². The van der Waals surface area contributed by atoms with E-state index in [1.54, 1.807) is 0 Å². The van der Waals surface area contributed by atoms with Crippen LogP contribution in [-0.2, 0) is 0 Å². The van der Waals surface area contributed by atoms with Gasteiger partial charge in [0.05, 0.1) is 19.3 Å². The molecule has 1 aliphatic rings. The summed E-state index contributed by atoms with van der Waals surface area (Å²) in [5.74, 6) is 1.52. The van der Waals surface area contributed by atoms with Gasteiger partial charge in [-0.3, -0.25) is 0 Å². The van der Waals surface area contributed by atoms with Gasteiger partial charge in [-0.25, -0.2) is 0 Å². The number of fused-ring (bicyclic) bond motifs is 1. The summed E-state index contributed by atoms with van der Waals surface area (Å²) in [7, 11) is 2.02. The zero-order valence-electron chi connectivity index (χ0n) is 11.8. The maximum Gasteiger partial charge on any atom is 0.161 e. The molecule has 0 saturated heterocycles. The van der Waals surface area contributed by atoms with Gasteiger partial charge in [0.25, 0.3) is 0 Å². The molecule has 1 N–H and O–H groups in total. The molecule has 0 bridgehead atoms. The van der Waals surface area contributed by atoms with Gasteiger partial charge in [-0.1, -0.05) is 13.0 Å². The van der Waals surface area contributed by atoms with Crippen LogP contribution < -0.4 is 9.47 Å². The second-order valence-corrected chi connectivity index (χ2v) is 5.03. The lowest BCUT2D eigenvalue weighted by Crippen LogP contribution is -2.25. The molecule has 1 unspecified atom stereocenters. The molecule has 4 heteroatoms. The van der Waals surface area contributed by atoms with E-state index in [9.17, 15) is 5.11 Å². The Labute approximate surface area is 114 Å². The first kappa shape index (κ1) is 14.2. The first-order valence-electron chi connectivity index (χ1n) is 6.97. The molecule has 4 nitrogen and oxygen atoms in total. The standard InChI is InChI=1S/C15H23NO3/c1-3-7-16(2)11-13(17)12-5-6-14-15(10-12)19-9-4-8-18-14/h5-6,10,13,17H,3-4,7-9,11H2,1-2H3. The predicted octanol–water partition coefficient (Wildman–Crippen LogP) is 2.22. The molecule has 0 spiro atoms. The molecule has 0 saturated carbocycles. The third-order valence-corrected chi connectivity index (χ3v) is 3.25. The monoisotopic (exact) mass is 265 g/mol. The van der Waals surface area contributed by atoms with Crippen molar-refractivity contribution >= 4 is 0 Å². The van der Waals surface area contributed by atoms with Crippen LogP contribution in [0.2, 0.25) is 0 Å². The van der Waals surface area contributed by atoms with E-state index in [1.807, 2.05) is 25.2 Å². The number of hydrogen-bond donors (Lipinski definition) is 1. The minimum absolute atomic E-state index is 0.492. The Morgan fingerprint density at radius 3 is 2.74 bits per heavy atom. The molecule has 1 aliphatic heterocycles. The van der Waals surface area contributed by atoms with Gasteiger partial charge >= 0.3 is 0 Å². The smallest absolute Gasteiger partial charge is 0.161 e. The number of aliphatic hydroxyl groups is 1. The van der Waals surface area contributed by atoms with Crippen molar-refractivity contribution < 1.29 is 14.6 Å². The van der Waals surface area contributed by atoms with E-state index in [2.05, 4.69) is 11.8 Å². The van der Waals surface area contributed by atoms with Crippen LogP contribution in [0.15, 0.2) is 18.2 Å². The highest BCUT2D eigenvalue weighted by atomic mass is 16.5. The number of hydrogen-bond acceptors (Lipinski definition) is 4. The Bertz CT molecular complexity index is 408. The zero-order chi connectivity index (χ0) is 13.7. The van der Waals surface area contributed by atoms with Crippen molar-refractivity contribution in [2.75, 3.05) is 33.4 Å². The fraction of sp³-hybridized carbons (Fsp3) is 0.600. The minimum Gasteiger partial charge on any atom is -0.490 e. The second kappa shape index (κ2) is 6.78. The molecule has 19 heavy (non-hydrogen) atoms. The number of ether oxygens (including phenoxy) is 2. The molecule has 1 heterocycles. The van der Waals surface area contributed by atoms with Crippen molar-refractivity contribution in [1.82, 2.24) is 4.90 Å². The average Bonchev–Trinajstić information content (AvgIpc) is 2.63. The van der Waals surface area contributed by atoms with Gasteiger partial charge in [0.2, 0.25) is 0 Å². The quantitative estimate of drug-likeness (QED) is 0.886. The van der Waals surface area contributed by atoms with Crippen molar-refractivity contribution in [2.24, 2.45) is 0 Å². The Kier molecular flexibility index (Phi) is 5.05. The Morgan fingerprint density at radius 2 is 2.00 bits per heavy atom. The van der Waals surface area contributed by atoms with E-state index in [4.69, 9.17) is 9.47 Å². The minimum atomic E-state index is -0.492. The summed E-state index contributed by atoms with van der Waals surface area (Å²) in [5, 5.41) is 10.3. The lowest BCUT2D eigenvalue weighted by Gasteiger charge is -2.20. The zero-order valence-corrected chi connectivity index (χ0v) is 11.8. The van der Waals surface area contributed by atoms with Crippen molar-refractivity contribution in [3.05, 3.63) is 23.8 Å². The molecule has 106 valence electrons. The lowest BCUT2D eigenvalue weighted by molar-refractivity contribution is 0.126. The summed E-state index contributed by atoms with van der Waals surface area (Å²) >= 11 is 0. The fourth-order valence-electron chi connectivity index (χ4n) is 2.26. The summed E-state index contributed by atoms with van der Waals surface area (Å²) in [5.41, 5.74) is 0.882. The summed E-state index contributed by atoms with van der Waals surface area (Å²) in [4.78, 5) is 2.13. The highest BCUT2D eigenvalue weighted by molar-refractivity contribution is 5.44. The summed E-state index contributed by atoms with van der Waals surface area (Å²) in [6.07, 6.45) is 1.49. The molecule has 2 rings (SSSR count). The van der Waals surface area contributed by atoms with Crippen LogP contribution in [0.1, 0.15) is 31.4 Å². The van der Waals surface area contributed by atoms with E-state index in [-0.39, 0.29) is 0 Å². The molecular formula is C15H23NO3. The van der Waals surface area contributed by atoms with Gasteiger partial charge in [-0.05, 0) is 37.7 Å². The van der Waals surface area contributed by atoms with Crippen LogP contribution in [0.25, 0.3) is 0 Å². The number of rotatable bonds is 5. The van der Waals surface area contributed by atoms with Crippen molar-refractivity contribution in [2.45, 2.75) is 25.9 Å². The Morgan fingerprint density at radius 1 is 1.26 bits per heavy atom. The fourth-order valence-corrected chi connectivity index (χ4v) is 2.26. The average molecular weight is 265 g/mol. The summed E-state index contributed by atoms with van der Waals surface area (Å²) in [6, 6.07) is 5.70. The van der Waals surface area contributed by atoms with Crippen LogP contribution >= 0.6 is 0 Å². The number of benzene rings is 1.